The minimum absolute atomic E-state index is 0.0414. The predicted molar refractivity (Wildman–Crippen MR) is 67.0 cm³/mol. The normalized spacial score (nSPS) is 19.8. The maximum absolute atomic E-state index is 11.9. The summed E-state index contributed by atoms with van der Waals surface area (Å²) in [4.78, 5) is 13.7. The molecule has 1 aromatic rings. The summed E-state index contributed by atoms with van der Waals surface area (Å²) in [6.45, 7) is 2.85. The third-order valence-corrected chi connectivity index (χ3v) is 3.24. The number of likely N-dealkylation sites (tertiary alicyclic amines) is 1. The summed E-state index contributed by atoms with van der Waals surface area (Å²) in [6, 6.07) is 1.82. The SMILES string of the molecule is O=C(NCCn1cccn1)N1CCC[C@H](CO)C1. The van der Waals surface area contributed by atoms with Crippen molar-refractivity contribution in [2.24, 2.45) is 5.92 Å². The van der Waals surface area contributed by atoms with Crippen LogP contribution in [0.15, 0.2) is 18.5 Å². The molecule has 6 nitrogen and oxygen atoms in total. The van der Waals surface area contributed by atoms with Gasteiger partial charge in [0.05, 0.1) is 6.54 Å². The largest absolute Gasteiger partial charge is 0.396 e. The fourth-order valence-corrected chi connectivity index (χ4v) is 2.22. The van der Waals surface area contributed by atoms with Gasteiger partial charge in [0.1, 0.15) is 0 Å². The molecule has 2 amide bonds. The van der Waals surface area contributed by atoms with Gasteiger partial charge in [-0.3, -0.25) is 4.68 Å². The summed E-state index contributed by atoms with van der Waals surface area (Å²) in [6.07, 6.45) is 5.57. The third-order valence-electron chi connectivity index (χ3n) is 3.24. The first kappa shape index (κ1) is 12.9. The number of rotatable bonds is 4. The zero-order valence-corrected chi connectivity index (χ0v) is 10.5. The third kappa shape index (κ3) is 3.46. The van der Waals surface area contributed by atoms with Gasteiger partial charge in [-0.1, -0.05) is 0 Å². The van der Waals surface area contributed by atoms with Crippen molar-refractivity contribution in [1.82, 2.24) is 20.0 Å². The summed E-state index contributed by atoms with van der Waals surface area (Å²) >= 11 is 0. The van der Waals surface area contributed by atoms with Crippen LogP contribution in [0.2, 0.25) is 0 Å². The molecular weight excluding hydrogens is 232 g/mol. The summed E-state index contributed by atoms with van der Waals surface area (Å²) in [5.74, 6) is 0.232. The van der Waals surface area contributed by atoms with Gasteiger partial charge in [0.25, 0.3) is 0 Å². The molecule has 1 aliphatic rings. The number of nitrogens with one attached hydrogen (secondary N) is 1. The van der Waals surface area contributed by atoms with E-state index in [1.807, 2.05) is 12.3 Å². The number of nitrogens with zero attached hydrogens (tertiary/aromatic N) is 3. The first-order valence-electron chi connectivity index (χ1n) is 6.40. The maximum atomic E-state index is 11.9. The lowest BCUT2D eigenvalue weighted by Gasteiger charge is -2.31. The van der Waals surface area contributed by atoms with Gasteiger partial charge < -0.3 is 15.3 Å². The number of aliphatic hydroxyl groups is 1. The number of hydrogen-bond donors (Lipinski definition) is 2. The summed E-state index contributed by atoms with van der Waals surface area (Å²) in [5.41, 5.74) is 0. The molecule has 18 heavy (non-hydrogen) atoms. The number of carbonyl (C=O) groups excluding carboxylic acids is 1. The van der Waals surface area contributed by atoms with Gasteiger partial charge in [0, 0.05) is 38.6 Å². The second-order valence-electron chi connectivity index (χ2n) is 4.64. The van der Waals surface area contributed by atoms with Crippen LogP contribution in [0.25, 0.3) is 0 Å². The summed E-state index contributed by atoms with van der Waals surface area (Å²) in [5, 5.41) is 16.1. The molecule has 6 heteroatoms. The van der Waals surface area contributed by atoms with Crippen LogP contribution in [0, 0.1) is 5.92 Å². The molecule has 1 saturated heterocycles. The minimum Gasteiger partial charge on any atom is -0.396 e. The van der Waals surface area contributed by atoms with E-state index in [2.05, 4.69) is 10.4 Å². The molecular formula is C12H20N4O2. The second kappa shape index (κ2) is 6.39. The molecule has 0 saturated carbocycles. The standard InChI is InChI=1S/C12H20N4O2/c17-10-11-3-1-6-15(9-11)12(18)13-5-8-16-7-2-4-14-16/h2,4,7,11,17H,1,3,5-6,8-10H2,(H,13,18)/t11-/m0/s1. The number of piperidine rings is 1. The van der Waals surface area contributed by atoms with Crippen molar-refractivity contribution in [3.8, 4) is 0 Å². The Morgan fingerprint density at radius 3 is 3.17 bits per heavy atom. The van der Waals surface area contributed by atoms with Crippen molar-refractivity contribution in [3.63, 3.8) is 0 Å². The molecule has 2 heterocycles. The highest BCUT2D eigenvalue weighted by Gasteiger charge is 2.22. The van der Waals surface area contributed by atoms with Gasteiger partial charge in [-0.15, -0.1) is 0 Å². The molecule has 1 aliphatic heterocycles. The van der Waals surface area contributed by atoms with Crippen LogP contribution in [0.1, 0.15) is 12.8 Å². The minimum atomic E-state index is -0.0414. The number of urea groups is 1. The Balaban J connectivity index is 1.70. The quantitative estimate of drug-likeness (QED) is 0.809. The van der Waals surface area contributed by atoms with Gasteiger partial charge in [-0.25, -0.2) is 4.79 Å². The molecule has 0 aromatic carbocycles. The predicted octanol–water partition coefficient (Wildman–Crippen LogP) is 0.297. The van der Waals surface area contributed by atoms with Crippen molar-refractivity contribution < 1.29 is 9.90 Å². The van der Waals surface area contributed by atoms with E-state index >= 15 is 0 Å². The Kier molecular flexibility index (Phi) is 4.58. The fourth-order valence-electron chi connectivity index (χ4n) is 2.22. The van der Waals surface area contributed by atoms with E-state index in [4.69, 9.17) is 5.11 Å². The van der Waals surface area contributed by atoms with Crippen molar-refractivity contribution in [2.75, 3.05) is 26.2 Å². The van der Waals surface area contributed by atoms with E-state index in [1.54, 1.807) is 15.8 Å². The number of amides is 2. The van der Waals surface area contributed by atoms with Crippen LogP contribution >= 0.6 is 0 Å². The number of carbonyl (C=O) groups is 1. The first-order chi connectivity index (χ1) is 8.79. The van der Waals surface area contributed by atoms with E-state index in [-0.39, 0.29) is 18.6 Å². The van der Waals surface area contributed by atoms with Crippen molar-refractivity contribution in [3.05, 3.63) is 18.5 Å². The van der Waals surface area contributed by atoms with Crippen LogP contribution < -0.4 is 5.32 Å². The van der Waals surface area contributed by atoms with Crippen LogP contribution in [-0.4, -0.2) is 52.1 Å². The highest BCUT2D eigenvalue weighted by molar-refractivity contribution is 5.74. The highest BCUT2D eigenvalue weighted by Crippen LogP contribution is 2.15. The van der Waals surface area contributed by atoms with E-state index in [1.165, 1.54) is 0 Å². The molecule has 1 fully saturated rings. The molecule has 2 rings (SSSR count). The van der Waals surface area contributed by atoms with Crippen molar-refractivity contribution in [1.29, 1.82) is 0 Å². The molecule has 100 valence electrons. The number of aromatic nitrogens is 2. The van der Waals surface area contributed by atoms with Gasteiger partial charge >= 0.3 is 6.03 Å². The van der Waals surface area contributed by atoms with E-state index < -0.39 is 0 Å². The fraction of sp³-hybridized carbons (Fsp3) is 0.667. The first-order valence-corrected chi connectivity index (χ1v) is 6.40. The number of aliphatic hydroxyl groups excluding tert-OH is 1. The molecule has 0 unspecified atom stereocenters. The molecule has 1 atom stereocenters. The molecule has 0 aliphatic carbocycles. The van der Waals surface area contributed by atoms with Crippen molar-refractivity contribution in [2.45, 2.75) is 19.4 Å². The lowest BCUT2D eigenvalue weighted by Crippen LogP contribution is -2.46. The van der Waals surface area contributed by atoms with E-state index in [0.29, 0.717) is 19.6 Å². The summed E-state index contributed by atoms with van der Waals surface area (Å²) in [7, 11) is 0. The van der Waals surface area contributed by atoms with Crippen LogP contribution in [0.5, 0.6) is 0 Å². The summed E-state index contributed by atoms with van der Waals surface area (Å²) < 4.78 is 1.78. The van der Waals surface area contributed by atoms with Gasteiger partial charge in [0.2, 0.25) is 0 Å². The van der Waals surface area contributed by atoms with Crippen LogP contribution in [0.4, 0.5) is 4.79 Å². The average molecular weight is 252 g/mol. The smallest absolute Gasteiger partial charge is 0.317 e. The van der Waals surface area contributed by atoms with Crippen molar-refractivity contribution >= 4 is 6.03 Å². The van der Waals surface area contributed by atoms with E-state index in [0.717, 1.165) is 19.4 Å². The lowest BCUT2D eigenvalue weighted by atomic mass is 9.99. The molecule has 0 radical (unpaired) electrons. The topological polar surface area (TPSA) is 70.4 Å². The Morgan fingerprint density at radius 1 is 1.56 bits per heavy atom. The van der Waals surface area contributed by atoms with Gasteiger partial charge in [-0.05, 0) is 24.8 Å². The lowest BCUT2D eigenvalue weighted by molar-refractivity contribution is 0.129. The second-order valence-corrected chi connectivity index (χ2v) is 4.64. The molecule has 1 aromatic heterocycles. The maximum Gasteiger partial charge on any atom is 0.317 e. The monoisotopic (exact) mass is 252 g/mol. The zero-order chi connectivity index (χ0) is 12.8. The van der Waals surface area contributed by atoms with Crippen LogP contribution in [0.3, 0.4) is 0 Å². The molecule has 0 spiro atoms. The number of hydrogen-bond acceptors (Lipinski definition) is 3. The van der Waals surface area contributed by atoms with E-state index in [9.17, 15) is 4.79 Å². The molecule has 2 N–H and O–H groups in total. The van der Waals surface area contributed by atoms with Crippen LogP contribution in [-0.2, 0) is 6.54 Å². The highest BCUT2D eigenvalue weighted by atomic mass is 16.3. The molecule has 0 bridgehead atoms. The van der Waals surface area contributed by atoms with Gasteiger partial charge in [0.15, 0.2) is 0 Å². The Bertz CT molecular complexity index is 366. The Morgan fingerprint density at radius 2 is 2.44 bits per heavy atom. The average Bonchev–Trinajstić information content (AvgIpc) is 2.92. The Hall–Kier alpha value is -1.56. The Labute approximate surface area is 107 Å². The zero-order valence-electron chi connectivity index (χ0n) is 10.5. The van der Waals surface area contributed by atoms with Gasteiger partial charge in [-0.2, -0.15) is 5.10 Å².